The zero-order chi connectivity index (χ0) is 20.3. The van der Waals surface area contributed by atoms with Gasteiger partial charge < -0.3 is 20.5 Å². The Morgan fingerprint density at radius 2 is 1.78 bits per heavy atom. The Kier molecular flexibility index (Phi) is 5.78. The van der Waals surface area contributed by atoms with Gasteiger partial charge in [-0.1, -0.05) is 26.0 Å². The Morgan fingerprint density at radius 1 is 1.15 bits per heavy atom. The zero-order valence-corrected chi connectivity index (χ0v) is 14.6. The second kappa shape index (κ2) is 7.85. The van der Waals surface area contributed by atoms with Crippen molar-refractivity contribution in [2.45, 2.75) is 32.4 Å². The molecule has 0 bridgehead atoms. The average molecular weight is 377 g/mol. The number of hydrogen-bond donors (Lipinski definition) is 4. The molecule has 0 aliphatic carbocycles. The summed E-state index contributed by atoms with van der Waals surface area (Å²) in [5.74, 6) is -4.43. The van der Waals surface area contributed by atoms with Gasteiger partial charge in [-0.05, 0) is 18.1 Å². The van der Waals surface area contributed by atoms with Crippen LogP contribution >= 0.6 is 0 Å². The highest BCUT2D eigenvalue weighted by atomic mass is 16.4. The molecule has 4 N–H and O–H groups in total. The number of benzene rings is 1. The van der Waals surface area contributed by atoms with Crippen molar-refractivity contribution >= 4 is 28.7 Å². The van der Waals surface area contributed by atoms with Gasteiger partial charge in [-0.3, -0.25) is 14.4 Å². The van der Waals surface area contributed by atoms with Crippen molar-refractivity contribution in [3.63, 3.8) is 0 Å². The number of carbonyl (C=O) groups is 3. The predicted octanol–water partition coefficient (Wildman–Crippen LogP) is -0.0690. The number of aliphatic carboxylic acids is 2. The molecule has 2 aromatic rings. The van der Waals surface area contributed by atoms with Gasteiger partial charge in [0, 0.05) is 0 Å². The molecule has 2 unspecified atom stereocenters. The van der Waals surface area contributed by atoms with Crippen LogP contribution in [0.3, 0.4) is 0 Å². The lowest BCUT2D eigenvalue weighted by Crippen LogP contribution is -2.50. The third-order valence-corrected chi connectivity index (χ3v) is 4.01. The highest BCUT2D eigenvalue weighted by molar-refractivity contribution is 5.88. The number of carboxylic acid groups (broad SMARTS) is 2. The van der Waals surface area contributed by atoms with Crippen molar-refractivity contribution < 1.29 is 24.6 Å². The van der Waals surface area contributed by atoms with Crippen LogP contribution in [0, 0.1) is 5.92 Å². The van der Waals surface area contributed by atoms with Crippen LogP contribution in [0.4, 0.5) is 0 Å². The van der Waals surface area contributed by atoms with Crippen LogP contribution in [0.2, 0.25) is 0 Å². The van der Waals surface area contributed by atoms with Crippen molar-refractivity contribution in [3.05, 3.63) is 45.1 Å². The smallest absolute Gasteiger partial charge is 0.329 e. The van der Waals surface area contributed by atoms with E-state index in [2.05, 4.69) is 10.3 Å². The van der Waals surface area contributed by atoms with Gasteiger partial charge in [-0.25, -0.2) is 14.2 Å². The van der Waals surface area contributed by atoms with E-state index in [-0.39, 0.29) is 5.39 Å². The quantitative estimate of drug-likeness (QED) is 0.525. The molecule has 0 spiro atoms. The van der Waals surface area contributed by atoms with Gasteiger partial charge in [0.1, 0.15) is 12.1 Å². The molecule has 0 aliphatic heterocycles. The van der Waals surface area contributed by atoms with Gasteiger partial charge >= 0.3 is 17.6 Å². The lowest BCUT2D eigenvalue weighted by molar-refractivity contribution is -0.147. The van der Waals surface area contributed by atoms with Crippen molar-refractivity contribution in [1.82, 2.24) is 14.9 Å². The number of rotatable bonds is 7. The molecule has 0 saturated heterocycles. The van der Waals surface area contributed by atoms with Crippen molar-refractivity contribution in [2.75, 3.05) is 0 Å². The van der Waals surface area contributed by atoms with Gasteiger partial charge in [0.05, 0.1) is 17.3 Å². The highest BCUT2D eigenvalue weighted by Gasteiger charge is 2.32. The summed E-state index contributed by atoms with van der Waals surface area (Å²) in [6.45, 7) is 3.16. The third kappa shape index (κ3) is 4.22. The minimum absolute atomic E-state index is 0.191. The number of nitrogens with one attached hydrogen (secondary N) is 2. The molecule has 1 aromatic heterocycles. The van der Waals surface area contributed by atoms with Crippen molar-refractivity contribution in [2.24, 2.45) is 5.92 Å². The number of carboxylic acids is 2. The predicted molar refractivity (Wildman–Crippen MR) is 94.5 cm³/mol. The van der Waals surface area contributed by atoms with Crippen LogP contribution in [0.25, 0.3) is 10.9 Å². The van der Waals surface area contributed by atoms with Crippen LogP contribution in [-0.4, -0.2) is 43.7 Å². The fraction of sp³-hybridized carbons (Fsp3) is 0.353. The first-order valence-corrected chi connectivity index (χ1v) is 8.12. The first-order chi connectivity index (χ1) is 12.6. The Bertz CT molecular complexity index is 1010. The molecule has 27 heavy (non-hydrogen) atoms. The van der Waals surface area contributed by atoms with Crippen LogP contribution in [0.15, 0.2) is 33.9 Å². The van der Waals surface area contributed by atoms with E-state index in [1.54, 1.807) is 32.0 Å². The van der Waals surface area contributed by atoms with Crippen LogP contribution in [0.5, 0.6) is 0 Å². The summed E-state index contributed by atoms with van der Waals surface area (Å²) < 4.78 is 0.724. The molecule has 2 atom stereocenters. The number of fused-ring (bicyclic) bond motifs is 1. The molecule has 0 saturated carbocycles. The Balaban J connectivity index is 2.52. The number of carbonyl (C=O) groups excluding carboxylic acids is 1. The maximum absolute atomic E-state index is 12.7. The number of para-hydroxylation sites is 1. The second-order valence-electron chi connectivity index (χ2n) is 6.34. The minimum Gasteiger partial charge on any atom is -0.481 e. The number of H-pyrrole nitrogens is 1. The molecule has 2 rings (SSSR count). The van der Waals surface area contributed by atoms with Crippen LogP contribution in [0.1, 0.15) is 26.3 Å². The van der Waals surface area contributed by atoms with E-state index in [9.17, 15) is 24.0 Å². The Labute approximate surface area is 152 Å². The average Bonchev–Trinajstić information content (AvgIpc) is 2.56. The molecule has 10 nitrogen and oxygen atoms in total. The fourth-order valence-corrected chi connectivity index (χ4v) is 2.78. The maximum atomic E-state index is 12.7. The normalized spacial score (nSPS) is 13.3. The van der Waals surface area contributed by atoms with Gasteiger partial charge in [-0.2, -0.15) is 0 Å². The number of amides is 1. The fourth-order valence-electron chi connectivity index (χ4n) is 2.78. The molecular formula is C17H19N3O7. The Morgan fingerprint density at radius 3 is 2.33 bits per heavy atom. The molecule has 0 fully saturated rings. The summed E-state index contributed by atoms with van der Waals surface area (Å²) in [7, 11) is 0. The summed E-state index contributed by atoms with van der Waals surface area (Å²) in [6, 6.07) is 3.26. The lowest BCUT2D eigenvalue weighted by atomic mass is 10.0. The topological polar surface area (TPSA) is 159 Å². The maximum Gasteiger partial charge on any atom is 0.329 e. The molecule has 1 aromatic carbocycles. The molecule has 10 heteroatoms. The largest absolute Gasteiger partial charge is 0.481 e. The number of aromatic nitrogens is 2. The summed E-state index contributed by atoms with van der Waals surface area (Å²) in [5.41, 5.74) is -1.22. The summed E-state index contributed by atoms with van der Waals surface area (Å²) >= 11 is 0. The number of nitrogens with zero attached hydrogens (tertiary/aromatic N) is 1. The van der Waals surface area contributed by atoms with Crippen molar-refractivity contribution in [3.8, 4) is 0 Å². The van der Waals surface area contributed by atoms with Crippen LogP contribution < -0.4 is 16.6 Å². The van der Waals surface area contributed by atoms with Gasteiger partial charge in [0.2, 0.25) is 5.91 Å². The standard InChI is InChI=1S/C17H19N3O7/c1-8(2)13(14(23)18-11(16(25)26)7-12(21)22)20-15(24)9-5-3-4-6-10(9)19-17(20)27/h3-6,8,11,13H,7H2,1-2H3,(H,18,23)(H,19,27)(H,21,22)(H,25,26). The first-order valence-electron chi connectivity index (χ1n) is 8.12. The van der Waals surface area contributed by atoms with E-state index < -0.39 is 53.5 Å². The van der Waals surface area contributed by atoms with E-state index in [1.165, 1.54) is 6.07 Å². The number of hydrogen-bond acceptors (Lipinski definition) is 5. The molecule has 1 heterocycles. The number of aromatic amines is 1. The zero-order valence-electron chi connectivity index (χ0n) is 14.6. The lowest BCUT2D eigenvalue weighted by Gasteiger charge is -2.24. The van der Waals surface area contributed by atoms with Gasteiger partial charge in [-0.15, -0.1) is 0 Å². The SMILES string of the molecule is CC(C)C(C(=O)NC(CC(=O)O)C(=O)O)n1c(=O)[nH]c2ccccc2c1=O. The van der Waals surface area contributed by atoms with E-state index in [0.717, 1.165) is 4.57 Å². The van der Waals surface area contributed by atoms with Gasteiger partial charge in [0.15, 0.2) is 0 Å². The first kappa shape index (κ1) is 19.9. The van der Waals surface area contributed by atoms with E-state index in [4.69, 9.17) is 10.2 Å². The van der Waals surface area contributed by atoms with E-state index >= 15 is 0 Å². The summed E-state index contributed by atoms with van der Waals surface area (Å²) in [6.07, 6.45) is -0.838. The Hall–Kier alpha value is -3.43. The molecule has 0 aliphatic rings. The molecule has 0 radical (unpaired) electrons. The van der Waals surface area contributed by atoms with E-state index in [0.29, 0.717) is 5.52 Å². The molecule has 144 valence electrons. The minimum atomic E-state index is -1.69. The van der Waals surface area contributed by atoms with Gasteiger partial charge in [0.25, 0.3) is 5.56 Å². The van der Waals surface area contributed by atoms with Crippen LogP contribution in [-0.2, 0) is 14.4 Å². The monoisotopic (exact) mass is 377 g/mol. The van der Waals surface area contributed by atoms with E-state index in [1.807, 2.05) is 0 Å². The highest BCUT2D eigenvalue weighted by Crippen LogP contribution is 2.16. The van der Waals surface area contributed by atoms with Crippen molar-refractivity contribution in [1.29, 1.82) is 0 Å². The molecular weight excluding hydrogens is 358 g/mol. The second-order valence-corrected chi connectivity index (χ2v) is 6.34. The third-order valence-electron chi connectivity index (χ3n) is 4.01. The summed E-state index contributed by atoms with van der Waals surface area (Å²) in [5, 5.41) is 20.2. The molecule has 1 amide bonds. The summed E-state index contributed by atoms with van der Waals surface area (Å²) in [4.78, 5) is 62.3.